The zero-order valence-electron chi connectivity index (χ0n) is 34.1. The Morgan fingerprint density at radius 3 is 1.74 bits per heavy atom. The van der Waals surface area contributed by atoms with Gasteiger partial charge < -0.3 is 0 Å². The first-order valence-electron chi connectivity index (χ1n) is 21.5. The molecule has 0 amide bonds. The summed E-state index contributed by atoms with van der Waals surface area (Å²) < 4.78 is 0. The second kappa shape index (κ2) is 15.3. The molecular weight excluding hydrogens is 737 g/mol. The Morgan fingerprint density at radius 1 is 0.475 bits per heavy atom. The molecule has 290 valence electrons. The van der Waals surface area contributed by atoms with Gasteiger partial charge in [-0.15, -0.1) is 0 Å². The van der Waals surface area contributed by atoms with Crippen molar-refractivity contribution >= 4 is 11.4 Å². The Bertz CT molecular complexity index is 2990. The number of allylic oxidation sites excluding steroid dienone is 5. The average Bonchev–Trinajstić information content (AvgIpc) is 3.65. The van der Waals surface area contributed by atoms with E-state index >= 15 is 0 Å². The Kier molecular flexibility index (Phi) is 9.20. The van der Waals surface area contributed by atoms with Crippen molar-refractivity contribution < 1.29 is 0 Å². The predicted molar refractivity (Wildman–Crippen MR) is 253 cm³/mol. The lowest BCUT2D eigenvalue weighted by atomic mass is 9.67. The molecule has 2 heteroatoms. The Morgan fingerprint density at radius 2 is 1.05 bits per heavy atom. The normalized spacial score (nSPS) is 17.0. The van der Waals surface area contributed by atoms with Gasteiger partial charge in [0.1, 0.15) is 0 Å². The van der Waals surface area contributed by atoms with Gasteiger partial charge in [-0.25, -0.2) is 4.98 Å². The third-order valence-electron chi connectivity index (χ3n) is 13.0. The Balaban J connectivity index is 1.05. The Hall–Kier alpha value is -7.42. The van der Waals surface area contributed by atoms with Crippen molar-refractivity contribution in [3.8, 4) is 44.8 Å². The van der Waals surface area contributed by atoms with E-state index in [9.17, 15) is 0 Å². The van der Waals surface area contributed by atoms with Crippen molar-refractivity contribution in [1.29, 1.82) is 0 Å². The van der Waals surface area contributed by atoms with Gasteiger partial charge in [0.05, 0.1) is 28.2 Å². The van der Waals surface area contributed by atoms with Crippen molar-refractivity contribution in [2.45, 2.75) is 18.8 Å². The summed E-state index contributed by atoms with van der Waals surface area (Å²) in [6.07, 6.45) is 10.1. The van der Waals surface area contributed by atoms with Gasteiger partial charge in [-0.3, -0.25) is 4.99 Å². The van der Waals surface area contributed by atoms with Crippen molar-refractivity contribution in [1.82, 2.24) is 4.98 Å². The molecule has 0 fully saturated rings. The maximum atomic E-state index is 5.74. The van der Waals surface area contributed by atoms with Gasteiger partial charge in [0, 0.05) is 34.1 Å². The molecule has 11 rings (SSSR count). The first-order valence-corrected chi connectivity index (χ1v) is 21.5. The lowest BCUT2D eigenvalue weighted by molar-refractivity contribution is 0.549. The number of fused-ring (bicyclic) bond motifs is 4. The predicted octanol–water partition coefficient (Wildman–Crippen LogP) is 14.4. The monoisotopic (exact) mass is 780 g/mol. The largest absolute Gasteiger partial charge is 0.252 e. The fourth-order valence-corrected chi connectivity index (χ4v) is 10.2. The molecule has 0 N–H and O–H groups in total. The van der Waals surface area contributed by atoms with E-state index in [0.717, 1.165) is 62.6 Å². The first kappa shape index (κ1) is 36.6. The lowest BCUT2D eigenvalue weighted by Gasteiger charge is -2.35. The molecule has 7 aromatic carbocycles. The van der Waals surface area contributed by atoms with Crippen LogP contribution in [-0.2, 0) is 5.41 Å². The maximum absolute atomic E-state index is 5.74. The van der Waals surface area contributed by atoms with E-state index in [0.29, 0.717) is 0 Å². The summed E-state index contributed by atoms with van der Waals surface area (Å²) in [6, 6.07) is 72.6. The zero-order valence-corrected chi connectivity index (χ0v) is 34.1. The molecule has 2 aliphatic carbocycles. The van der Waals surface area contributed by atoms with E-state index in [1.54, 1.807) is 0 Å². The standard InChI is InChI=1S/C59H44N2/c1-2-47-49-27-15-16-29-52(49)58(44-35-36-51-50-28-17-18-30-53(50)59(54(51)39-44,45-23-11-5-12-24-45)46-25-13-6-14-26-46)61-56(47)43-33-31-40(32-34-43)48-37-38-55(41-19-7-3-8-20-41)60-57(48)42-21-9-4-10-22-42/h3-39,47,49H,2H2,1H3. The minimum atomic E-state index is -0.479. The minimum absolute atomic E-state index is 0.218. The van der Waals surface area contributed by atoms with Crippen LogP contribution in [0.1, 0.15) is 46.7 Å². The van der Waals surface area contributed by atoms with E-state index in [-0.39, 0.29) is 11.8 Å². The summed E-state index contributed by atoms with van der Waals surface area (Å²) in [5.74, 6) is 0.457. The average molecular weight is 781 g/mol. The summed E-state index contributed by atoms with van der Waals surface area (Å²) >= 11 is 0. The van der Waals surface area contributed by atoms with Crippen LogP contribution in [0.3, 0.4) is 0 Å². The number of benzene rings is 7. The third kappa shape index (κ3) is 6.09. The fraction of sp³-hybridized carbons (Fsp3) is 0.0847. The summed E-state index contributed by atoms with van der Waals surface area (Å²) in [5, 5.41) is 0. The summed E-state index contributed by atoms with van der Waals surface area (Å²) in [4.78, 5) is 11.0. The molecule has 1 aliphatic heterocycles. The number of pyridine rings is 1. The van der Waals surface area contributed by atoms with Gasteiger partial charge in [-0.05, 0) is 68.6 Å². The number of aromatic nitrogens is 1. The van der Waals surface area contributed by atoms with E-state index in [4.69, 9.17) is 9.98 Å². The zero-order chi connectivity index (χ0) is 40.8. The van der Waals surface area contributed by atoms with Crippen LogP contribution >= 0.6 is 0 Å². The molecule has 2 unspecified atom stereocenters. The van der Waals surface area contributed by atoms with Crippen LogP contribution in [0.15, 0.2) is 235 Å². The number of hydrogen-bond donors (Lipinski definition) is 0. The molecule has 2 heterocycles. The summed E-state index contributed by atoms with van der Waals surface area (Å²) in [5.41, 5.74) is 19.4. The van der Waals surface area contributed by atoms with Crippen LogP contribution in [0.2, 0.25) is 0 Å². The molecule has 2 atom stereocenters. The second-order valence-electron chi connectivity index (χ2n) is 16.3. The quantitative estimate of drug-likeness (QED) is 0.151. The van der Waals surface area contributed by atoms with Gasteiger partial charge in [0.2, 0.25) is 0 Å². The number of nitrogens with zero attached hydrogens (tertiary/aromatic N) is 2. The summed E-state index contributed by atoms with van der Waals surface area (Å²) in [6.45, 7) is 2.30. The second-order valence-corrected chi connectivity index (χ2v) is 16.3. The Labute approximate surface area is 358 Å². The maximum Gasteiger partial charge on any atom is 0.0787 e. The topological polar surface area (TPSA) is 25.2 Å². The molecule has 0 radical (unpaired) electrons. The molecular formula is C59H44N2. The fourth-order valence-electron chi connectivity index (χ4n) is 10.2. The first-order chi connectivity index (χ1) is 30.2. The highest BCUT2D eigenvalue weighted by Crippen LogP contribution is 2.57. The van der Waals surface area contributed by atoms with Crippen molar-refractivity contribution in [3.63, 3.8) is 0 Å². The van der Waals surface area contributed by atoms with Gasteiger partial charge in [0.25, 0.3) is 0 Å². The van der Waals surface area contributed by atoms with Crippen LogP contribution in [0.5, 0.6) is 0 Å². The van der Waals surface area contributed by atoms with Crippen LogP contribution < -0.4 is 0 Å². The minimum Gasteiger partial charge on any atom is -0.252 e. The van der Waals surface area contributed by atoms with E-state index in [2.05, 4.69) is 225 Å². The van der Waals surface area contributed by atoms with Gasteiger partial charge in [-0.1, -0.05) is 219 Å². The molecule has 0 saturated carbocycles. The third-order valence-corrected chi connectivity index (χ3v) is 13.0. The number of hydrogen-bond acceptors (Lipinski definition) is 2. The molecule has 0 bridgehead atoms. The van der Waals surface area contributed by atoms with Crippen LogP contribution in [-0.4, -0.2) is 10.7 Å². The van der Waals surface area contributed by atoms with Gasteiger partial charge in [-0.2, -0.15) is 0 Å². The highest BCUT2D eigenvalue weighted by Gasteiger charge is 2.46. The van der Waals surface area contributed by atoms with Crippen molar-refractivity contribution in [2.75, 3.05) is 0 Å². The molecule has 61 heavy (non-hydrogen) atoms. The highest BCUT2D eigenvalue weighted by molar-refractivity contribution is 6.08. The number of rotatable bonds is 8. The van der Waals surface area contributed by atoms with E-state index in [1.807, 2.05) is 6.07 Å². The lowest BCUT2D eigenvalue weighted by Crippen LogP contribution is -2.29. The molecule has 1 aromatic heterocycles. The van der Waals surface area contributed by atoms with E-state index < -0.39 is 5.41 Å². The van der Waals surface area contributed by atoms with Crippen molar-refractivity contribution in [3.05, 3.63) is 263 Å². The molecule has 0 spiro atoms. The molecule has 2 nitrogen and oxygen atoms in total. The van der Waals surface area contributed by atoms with Crippen LogP contribution in [0, 0.1) is 11.8 Å². The number of aliphatic imine (C=N–C) groups is 1. The SMILES string of the molecule is CCC1C(c2ccc(-c3ccc(-c4ccccc4)nc3-c3ccccc3)cc2)=NC(c2ccc3c(c2)C(c2ccccc2)(c2ccccc2)c2ccccc2-3)=C2C=CC=CC21. The highest BCUT2D eigenvalue weighted by atomic mass is 14.8. The van der Waals surface area contributed by atoms with Crippen molar-refractivity contribution in [2.24, 2.45) is 16.8 Å². The molecule has 8 aromatic rings. The van der Waals surface area contributed by atoms with Gasteiger partial charge in [0.15, 0.2) is 0 Å². The molecule has 3 aliphatic rings. The molecule has 0 saturated heterocycles. The van der Waals surface area contributed by atoms with Crippen LogP contribution in [0.4, 0.5) is 0 Å². The van der Waals surface area contributed by atoms with Crippen LogP contribution in [0.25, 0.3) is 50.5 Å². The smallest absolute Gasteiger partial charge is 0.0787 e. The van der Waals surface area contributed by atoms with Gasteiger partial charge >= 0.3 is 0 Å². The van der Waals surface area contributed by atoms with E-state index in [1.165, 1.54) is 39.0 Å². The summed E-state index contributed by atoms with van der Waals surface area (Å²) in [7, 11) is 0.